The van der Waals surface area contributed by atoms with Gasteiger partial charge in [-0.25, -0.2) is 8.78 Å². The molecule has 0 radical (unpaired) electrons. The smallest absolute Gasteiger partial charge is 0.248 e. The first-order valence-electron chi connectivity index (χ1n) is 13.5. The second-order valence-corrected chi connectivity index (χ2v) is 12.0. The number of aliphatic imine (C=N–C) groups is 1. The third kappa shape index (κ3) is 8.01. The molecule has 0 bridgehead atoms. The van der Waals surface area contributed by atoms with Gasteiger partial charge in [-0.2, -0.15) is 0 Å². The van der Waals surface area contributed by atoms with Crippen LogP contribution in [-0.2, 0) is 0 Å². The Bertz CT molecular complexity index is 791. The van der Waals surface area contributed by atoms with Gasteiger partial charge in [0.2, 0.25) is 5.92 Å². The Labute approximate surface area is 205 Å². The van der Waals surface area contributed by atoms with Gasteiger partial charge in [0, 0.05) is 39.6 Å². The summed E-state index contributed by atoms with van der Waals surface area (Å²) in [6, 6.07) is 2.45. The lowest BCUT2D eigenvalue weighted by Gasteiger charge is -2.32. The third-order valence-corrected chi connectivity index (χ3v) is 9.15. The number of halogens is 2. The van der Waals surface area contributed by atoms with Crippen LogP contribution < -0.4 is 0 Å². The summed E-state index contributed by atoms with van der Waals surface area (Å²) in [7, 11) is 0. The highest BCUT2D eigenvalue weighted by Gasteiger charge is 2.36. The quantitative estimate of drug-likeness (QED) is 0.297. The average Bonchev–Trinajstić information content (AvgIpc) is 3.19. The Kier molecular flexibility index (Phi) is 10.2. The van der Waals surface area contributed by atoms with E-state index >= 15 is 0 Å². The Morgan fingerprint density at radius 1 is 1.18 bits per heavy atom. The van der Waals surface area contributed by atoms with Gasteiger partial charge in [0.1, 0.15) is 0 Å². The maximum atomic E-state index is 13.6. The van der Waals surface area contributed by atoms with Crippen molar-refractivity contribution in [3.63, 3.8) is 0 Å². The van der Waals surface area contributed by atoms with Crippen molar-refractivity contribution in [2.24, 2.45) is 16.8 Å². The molecule has 1 atom stereocenters. The fraction of sp³-hybridized carbons (Fsp3) is 0.759. The van der Waals surface area contributed by atoms with Gasteiger partial charge in [0.05, 0.1) is 0 Å². The predicted molar refractivity (Wildman–Crippen MR) is 140 cm³/mol. The number of unbranched alkanes of at least 4 members (excludes halogenated alkanes) is 1. The van der Waals surface area contributed by atoms with Gasteiger partial charge in [0.25, 0.3) is 0 Å². The molecule has 4 heteroatoms. The lowest BCUT2D eigenvalue weighted by molar-refractivity contribution is -0.0517. The van der Waals surface area contributed by atoms with Crippen LogP contribution in [0.2, 0.25) is 0 Å². The number of thiophene rings is 1. The van der Waals surface area contributed by atoms with E-state index in [-0.39, 0.29) is 12.8 Å². The monoisotopic (exact) mass is 477 g/mol. The minimum Gasteiger partial charge on any atom is -0.258 e. The van der Waals surface area contributed by atoms with E-state index in [1.165, 1.54) is 48.3 Å². The summed E-state index contributed by atoms with van der Waals surface area (Å²) in [5, 5.41) is 0. The predicted octanol–water partition coefficient (Wildman–Crippen LogP) is 10.2. The third-order valence-electron chi connectivity index (χ3n) is 7.93. The van der Waals surface area contributed by atoms with E-state index in [4.69, 9.17) is 4.99 Å². The zero-order valence-corrected chi connectivity index (χ0v) is 22.2. The second kappa shape index (κ2) is 12.6. The molecule has 1 heterocycles. The molecule has 0 aliphatic heterocycles. The molecule has 2 aliphatic rings. The lowest BCUT2D eigenvalue weighted by Crippen LogP contribution is -2.27. The van der Waals surface area contributed by atoms with Gasteiger partial charge in [-0.15, -0.1) is 11.3 Å². The fourth-order valence-electron chi connectivity index (χ4n) is 5.70. The van der Waals surface area contributed by atoms with E-state index < -0.39 is 5.92 Å². The normalized spacial score (nSPS) is 22.0. The number of alkyl halides is 2. The first kappa shape index (κ1) is 26.6. The molecule has 1 nitrogen and oxygen atoms in total. The van der Waals surface area contributed by atoms with Gasteiger partial charge in [-0.05, 0) is 82.6 Å². The molecule has 2 saturated carbocycles. The molecule has 186 valence electrons. The molecule has 3 rings (SSSR count). The largest absolute Gasteiger partial charge is 0.258 e. The molecule has 0 amide bonds. The molecule has 0 N–H and O–H groups in total. The molecule has 1 unspecified atom stereocenters. The summed E-state index contributed by atoms with van der Waals surface area (Å²) in [5.74, 6) is -0.721. The van der Waals surface area contributed by atoms with Crippen LogP contribution >= 0.6 is 11.3 Å². The number of hydrogen-bond donors (Lipinski definition) is 0. The molecule has 1 aromatic rings. The molecule has 0 saturated heterocycles. The standard InChI is InChI=1S/C29H45F2NS/c1-5-6-12-22(3)32-27(15-10-11-21(2)24-16-18-29(30,31)19-17-24)26-20-28(33-23(26)4)25-13-8-7-9-14-25/h12,20-21,24-25H,5-11,13-19H2,1-4H3/b22-12+,32-27?. The van der Waals surface area contributed by atoms with E-state index in [0.29, 0.717) is 24.7 Å². The van der Waals surface area contributed by atoms with Crippen molar-refractivity contribution in [1.82, 2.24) is 0 Å². The van der Waals surface area contributed by atoms with Crippen molar-refractivity contribution in [3.8, 4) is 0 Å². The fourth-order valence-corrected chi connectivity index (χ4v) is 6.92. The molecule has 1 aromatic heterocycles. The van der Waals surface area contributed by atoms with Gasteiger partial charge < -0.3 is 0 Å². The van der Waals surface area contributed by atoms with Gasteiger partial charge in [-0.3, -0.25) is 4.99 Å². The topological polar surface area (TPSA) is 12.4 Å². The Balaban J connectivity index is 1.67. The molecule has 0 aromatic carbocycles. The van der Waals surface area contributed by atoms with Gasteiger partial charge in [-0.1, -0.05) is 52.0 Å². The maximum Gasteiger partial charge on any atom is 0.248 e. The SMILES string of the molecule is CCC/C=C(\C)N=C(CCCC(C)C1CCC(F)(F)CC1)c1cc(C2CCCCC2)sc1C. The Morgan fingerprint density at radius 3 is 2.55 bits per heavy atom. The number of nitrogens with zero attached hydrogens (tertiary/aromatic N) is 1. The van der Waals surface area contributed by atoms with Crippen LogP contribution in [0.5, 0.6) is 0 Å². The number of aryl methyl sites for hydroxylation is 1. The van der Waals surface area contributed by atoms with Gasteiger partial charge in [0.15, 0.2) is 0 Å². The first-order chi connectivity index (χ1) is 15.8. The second-order valence-electron chi connectivity index (χ2n) is 10.7. The van der Waals surface area contributed by atoms with Crippen molar-refractivity contribution in [3.05, 3.63) is 33.2 Å². The van der Waals surface area contributed by atoms with Crippen molar-refractivity contribution >= 4 is 17.0 Å². The molecular formula is C29H45F2NS. The average molecular weight is 478 g/mol. The summed E-state index contributed by atoms with van der Waals surface area (Å²) in [4.78, 5) is 8.08. The minimum atomic E-state index is -2.43. The molecule has 2 fully saturated rings. The highest BCUT2D eigenvalue weighted by atomic mass is 32.1. The van der Waals surface area contributed by atoms with E-state index in [1.807, 2.05) is 11.3 Å². The van der Waals surface area contributed by atoms with Crippen molar-refractivity contribution in [1.29, 1.82) is 0 Å². The highest BCUT2D eigenvalue weighted by Crippen LogP contribution is 2.41. The molecule has 2 aliphatic carbocycles. The molecular weight excluding hydrogens is 432 g/mol. The lowest BCUT2D eigenvalue weighted by atomic mass is 9.77. The van der Waals surface area contributed by atoms with Crippen LogP contribution in [0.3, 0.4) is 0 Å². The van der Waals surface area contributed by atoms with Gasteiger partial charge >= 0.3 is 0 Å². The zero-order chi connectivity index (χ0) is 23.8. The minimum absolute atomic E-state index is 0.0776. The zero-order valence-electron chi connectivity index (χ0n) is 21.4. The van der Waals surface area contributed by atoms with Crippen LogP contribution in [0.25, 0.3) is 0 Å². The van der Waals surface area contributed by atoms with Crippen LogP contribution in [0.4, 0.5) is 8.78 Å². The first-order valence-corrected chi connectivity index (χ1v) is 14.3. The molecule has 33 heavy (non-hydrogen) atoms. The van der Waals surface area contributed by atoms with Crippen molar-refractivity contribution in [2.45, 2.75) is 129 Å². The van der Waals surface area contributed by atoms with Crippen LogP contribution in [0.15, 0.2) is 22.8 Å². The maximum absolute atomic E-state index is 13.6. The Morgan fingerprint density at radius 2 is 1.88 bits per heavy atom. The highest BCUT2D eigenvalue weighted by molar-refractivity contribution is 7.12. The van der Waals surface area contributed by atoms with Crippen LogP contribution in [0, 0.1) is 18.8 Å². The van der Waals surface area contributed by atoms with E-state index in [1.54, 1.807) is 4.88 Å². The summed E-state index contributed by atoms with van der Waals surface area (Å²) in [5.41, 5.74) is 3.71. The van der Waals surface area contributed by atoms with E-state index in [0.717, 1.165) is 43.7 Å². The van der Waals surface area contributed by atoms with Crippen molar-refractivity contribution in [2.75, 3.05) is 0 Å². The number of rotatable bonds is 10. The summed E-state index contributed by atoms with van der Waals surface area (Å²) >= 11 is 1.99. The summed E-state index contributed by atoms with van der Waals surface area (Å²) in [6.07, 6.45) is 15.9. The molecule has 0 spiro atoms. The number of hydrogen-bond acceptors (Lipinski definition) is 2. The van der Waals surface area contributed by atoms with E-state index in [2.05, 4.69) is 39.8 Å². The summed E-state index contributed by atoms with van der Waals surface area (Å²) in [6.45, 7) is 8.87. The summed E-state index contributed by atoms with van der Waals surface area (Å²) < 4.78 is 27.1. The van der Waals surface area contributed by atoms with Crippen molar-refractivity contribution < 1.29 is 8.78 Å². The van der Waals surface area contributed by atoms with Crippen LogP contribution in [-0.4, -0.2) is 11.6 Å². The van der Waals surface area contributed by atoms with E-state index in [9.17, 15) is 8.78 Å². The number of allylic oxidation sites excluding steroid dienone is 2. The van der Waals surface area contributed by atoms with Crippen LogP contribution in [0.1, 0.15) is 132 Å². The Hall–Kier alpha value is -1.03.